The SMILES string of the molecule is Cc1ccc(C(N)=S)c(OCCCc2ccncc2)c1. The molecule has 1 aromatic heterocycles. The molecule has 0 amide bonds. The highest BCUT2D eigenvalue weighted by Crippen LogP contribution is 2.20. The van der Waals surface area contributed by atoms with Gasteiger partial charge < -0.3 is 10.5 Å². The maximum Gasteiger partial charge on any atom is 0.129 e. The van der Waals surface area contributed by atoms with Gasteiger partial charge in [-0.3, -0.25) is 4.98 Å². The maximum atomic E-state index is 5.82. The Morgan fingerprint density at radius 3 is 2.70 bits per heavy atom. The van der Waals surface area contributed by atoms with E-state index in [1.54, 1.807) is 0 Å². The Labute approximate surface area is 124 Å². The molecule has 104 valence electrons. The van der Waals surface area contributed by atoms with Crippen LogP contribution in [-0.2, 0) is 6.42 Å². The van der Waals surface area contributed by atoms with E-state index in [0.29, 0.717) is 11.6 Å². The highest BCUT2D eigenvalue weighted by atomic mass is 32.1. The van der Waals surface area contributed by atoms with Crippen LogP contribution in [0.4, 0.5) is 0 Å². The lowest BCUT2D eigenvalue weighted by Crippen LogP contribution is -2.12. The van der Waals surface area contributed by atoms with Crippen LogP contribution in [-0.4, -0.2) is 16.6 Å². The van der Waals surface area contributed by atoms with Crippen molar-refractivity contribution >= 4 is 17.2 Å². The number of nitrogens with zero attached hydrogens (tertiary/aromatic N) is 1. The number of benzene rings is 1. The standard InChI is InChI=1S/C16H18N2OS/c1-12-4-5-14(16(17)20)15(11-12)19-10-2-3-13-6-8-18-9-7-13/h4-9,11H,2-3,10H2,1H3,(H2,17,20). The van der Waals surface area contributed by atoms with E-state index in [1.807, 2.05) is 49.6 Å². The van der Waals surface area contributed by atoms with Crippen molar-refractivity contribution < 1.29 is 4.74 Å². The van der Waals surface area contributed by atoms with Crippen molar-refractivity contribution in [1.29, 1.82) is 0 Å². The molecule has 1 heterocycles. The van der Waals surface area contributed by atoms with Crippen molar-refractivity contribution in [2.75, 3.05) is 6.61 Å². The lowest BCUT2D eigenvalue weighted by Gasteiger charge is -2.11. The maximum absolute atomic E-state index is 5.82. The van der Waals surface area contributed by atoms with E-state index in [0.717, 1.165) is 29.7 Å². The summed E-state index contributed by atoms with van der Waals surface area (Å²) in [5.74, 6) is 0.771. The molecule has 2 rings (SSSR count). The third-order valence-electron chi connectivity index (χ3n) is 3.02. The van der Waals surface area contributed by atoms with Crippen molar-refractivity contribution in [3.63, 3.8) is 0 Å². The molecule has 0 atom stereocenters. The number of aromatic nitrogens is 1. The number of thiocarbonyl (C=S) groups is 1. The van der Waals surface area contributed by atoms with Gasteiger partial charge in [-0.25, -0.2) is 0 Å². The molecule has 0 saturated carbocycles. The van der Waals surface area contributed by atoms with Gasteiger partial charge >= 0.3 is 0 Å². The van der Waals surface area contributed by atoms with Gasteiger partial charge in [0, 0.05) is 12.4 Å². The first-order valence-corrected chi connectivity index (χ1v) is 7.00. The Morgan fingerprint density at radius 2 is 2.00 bits per heavy atom. The highest BCUT2D eigenvalue weighted by molar-refractivity contribution is 7.80. The lowest BCUT2D eigenvalue weighted by molar-refractivity contribution is 0.310. The number of ether oxygens (including phenoxy) is 1. The first kappa shape index (κ1) is 14.5. The normalized spacial score (nSPS) is 10.2. The number of aryl methyl sites for hydroxylation is 2. The van der Waals surface area contributed by atoms with E-state index in [-0.39, 0.29) is 0 Å². The van der Waals surface area contributed by atoms with Crippen LogP contribution in [0.5, 0.6) is 5.75 Å². The van der Waals surface area contributed by atoms with Crippen molar-refractivity contribution in [1.82, 2.24) is 4.98 Å². The minimum Gasteiger partial charge on any atom is -0.493 e. The molecule has 0 spiro atoms. The van der Waals surface area contributed by atoms with Crippen molar-refractivity contribution in [2.45, 2.75) is 19.8 Å². The number of nitrogens with two attached hydrogens (primary N) is 1. The van der Waals surface area contributed by atoms with Crippen LogP contribution in [0, 0.1) is 6.92 Å². The van der Waals surface area contributed by atoms with Crippen LogP contribution in [0.25, 0.3) is 0 Å². The minimum atomic E-state index is 0.370. The molecule has 0 aliphatic carbocycles. The Morgan fingerprint density at radius 1 is 1.25 bits per heavy atom. The molecule has 0 bridgehead atoms. The fourth-order valence-corrected chi connectivity index (χ4v) is 2.13. The first-order valence-electron chi connectivity index (χ1n) is 6.59. The average Bonchev–Trinajstić information content (AvgIpc) is 2.44. The molecule has 0 aliphatic heterocycles. The predicted octanol–water partition coefficient (Wildman–Crippen LogP) is 3.04. The zero-order chi connectivity index (χ0) is 14.4. The second-order valence-electron chi connectivity index (χ2n) is 4.67. The molecule has 1 aromatic carbocycles. The molecular weight excluding hydrogens is 268 g/mol. The molecule has 0 saturated heterocycles. The molecule has 2 N–H and O–H groups in total. The molecule has 2 aromatic rings. The van der Waals surface area contributed by atoms with E-state index < -0.39 is 0 Å². The quantitative estimate of drug-likeness (QED) is 0.655. The summed E-state index contributed by atoms with van der Waals surface area (Å²) in [6, 6.07) is 9.91. The van der Waals surface area contributed by atoms with Gasteiger partial charge in [0.25, 0.3) is 0 Å². The molecular formula is C16H18N2OS. The van der Waals surface area contributed by atoms with Crippen LogP contribution in [0.3, 0.4) is 0 Å². The summed E-state index contributed by atoms with van der Waals surface area (Å²) in [6.45, 7) is 2.66. The van der Waals surface area contributed by atoms with Gasteiger partial charge in [0.2, 0.25) is 0 Å². The Kier molecular flexibility index (Phi) is 5.07. The number of hydrogen-bond acceptors (Lipinski definition) is 3. The monoisotopic (exact) mass is 286 g/mol. The first-order chi connectivity index (χ1) is 9.66. The molecule has 20 heavy (non-hydrogen) atoms. The molecule has 0 unspecified atom stereocenters. The summed E-state index contributed by atoms with van der Waals surface area (Å²) >= 11 is 5.04. The molecule has 0 aliphatic rings. The fourth-order valence-electron chi connectivity index (χ4n) is 1.96. The van der Waals surface area contributed by atoms with Gasteiger partial charge in [-0.1, -0.05) is 18.3 Å². The predicted molar refractivity (Wildman–Crippen MR) is 85.1 cm³/mol. The zero-order valence-electron chi connectivity index (χ0n) is 11.5. The number of rotatable bonds is 6. The zero-order valence-corrected chi connectivity index (χ0v) is 12.3. The van der Waals surface area contributed by atoms with Crippen LogP contribution in [0.15, 0.2) is 42.7 Å². The summed E-state index contributed by atoms with van der Waals surface area (Å²) < 4.78 is 5.82. The average molecular weight is 286 g/mol. The number of pyridine rings is 1. The second-order valence-corrected chi connectivity index (χ2v) is 5.11. The van der Waals surface area contributed by atoms with Crippen molar-refractivity contribution in [2.24, 2.45) is 5.73 Å². The van der Waals surface area contributed by atoms with Crippen molar-refractivity contribution in [3.05, 3.63) is 59.4 Å². The van der Waals surface area contributed by atoms with E-state index in [1.165, 1.54) is 5.56 Å². The largest absolute Gasteiger partial charge is 0.493 e. The van der Waals surface area contributed by atoms with E-state index >= 15 is 0 Å². The summed E-state index contributed by atoms with van der Waals surface area (Å²) in [6.07, 6.45) is 5.52. The number of hydrogen-bond donors (Lipinski definition) is 1. The van der Waals surface area contributed by atoms with E-state index in [4.69, 9.17) is 22.7 Å². The van der Waals surface area contributed by atoms with Gasteiger partial charge in [-0.15, -0.1) is 0 Å². The Bertz CT molecular complexity index is 584. The van der Waals surface area contributed by atoms with Crippen LogP contribution >= 0.6 is 12.2 Å². The Balaban J connectivity index is 1.91. The molecule has 0 radical (unpaired) electrons. The van der Waals surface area contributed by atoms with Gasteiger partial charge in [-0.05, 0) is 55.2 Å². The van der Waals surface area contributed by atoms with Crippen LogP contribution in [0.2, 0.25) is 0 Å². The second kappa shape index (κ2) is 7.01. The smallest absolute Gasteiger partial charge is 0.129 e. The summed E-state index contributed by atoms with van der Waals surface area (Å²) in [4.78, 5) is 4.37. The summed E-state index contributed by atoms with van der Waals surface area (Å²) in [5.41, 5.74) is 8.90. The summed E-state index contributed by atoms with van der Waals surface area (Å²) in [7, 11) is 0. The van der Waals surface area contributed by atoms with Crippen LogP contribution < -0.4 is 10.5 Å². The van der Waals surface area contributed by atoms with Crippen molar-refractivity contribution in [3.8, 4) is 5.75 Å². The topological polar surface area (TPSA) is 48.1 Å². The summed E-state index contributed by atoms with van der Waals surface area (Å²) in [5, 5.41) is 0. The lowest BCUT2D eigenvalue weighted by atomic mass is 10.1. The van der Waals surface area contributed by atoms with Gasteiger partial charge in [0.05, 0.1) is 12.2 Å². The van der Waals surface area contributed by atoms with E-state index in [9.17, 15) is 0 Å². The van der Waals surface area contributed by atoms with Crippen LogP contribution in [0.1, 0.15) is 23.1 Å². The molecule has 3 nitrogen and oxygen atoms in total. The molecule has 0 fully saturated rings. The van der Waals surface area contributed by atoms with Gasteiger partial charge in [0.1, 0.15) is 10.7 Å². The third-order valence-corrected chi connectivity index (χ3v) is 3.24. The van der Waals surface area contributed by atoms with E-state index in [2.05, 4.69) is 4.98 Å². The van der Waals surface area contributed by atoms with Gasteiger partial charge in [0.15, 0.2) is 0 Å². The minimum absolute atomic E-state index is 0.370. The Hall–Kier alpha value is -1.94. The third kappa shape index (κ3) is 4.03. The highest BCUT2D eigenvalue weighted by Gasteiger charge is 2.06. The fraction of sp³-hybridized carbons (Fsp3) is 0.250. The molecule has 4 heteroatoms. The van der Waals surface area contributed by atoms with Gasteiger partial charge in [-0.2, -0.15) is 0 Å².